The zero-order valence-corrected chi connectivity index (χ0v) is 12.3. The van der Waals surface area contributed by atoms with Gasteiger partial charge >= 0.3 is 0 Å². The minimum Gasteiger partial charge on any atom is -0.487 e. The summed E-state index contributed by atoms with van der Waals surface area (Å²) in [6, 6.07) is 7.99. The first-order chi connectivity index (χ1) is 9.63. The number of hydrogen-bond donors (Lipinski definition) is 1. The average Bonchev–Trinajstić information content (AvgIpc) is 2.93. The van der Waals surface area contributed by atoms with Crippen LogP contribution in [-0.4, -0.2) is 14.7 Å². The van der Waals surface area contributed by atoms with E-state index in [1.54, 1.807) is 0 Å². The zero-order chi connectivity index (χ0) is 14.5. The number of rotatable bonds is 6. The fraction of sp³-hybridized carbons (Fsp3) is 0.438. The van der Waals surface area contributed by atoms with Gasteiger partial charge in [-0.1, -0.05) is 25.1 Å². The Bertz CT molecular complexity index is 549. The zero-order valence-electron chi connectivity index (χ0n) is 12.3. The molecule has 0 aliphatic carbocycles. The molecule has 4 heteroatoms. The molecule has 4 nitrogen and oxygen atoms in total. The molecule has 0 saturated heterocycles. The fourth-order valence-corrected chi connectivity index (χ4v) is 2.17. The third-order valence-corrected chi connectivity index (χ3v) is 3.34. The van der Waals surface area contributed by atoms with Gasteiger partial charge in [0.2, 0.25) is 0 Å². The Morgan fingerprint density at radius 3 is 2.75 bits per heavy atom. The molecule has 108 valence electrons. The summed E-state index contributed by atoms with van der Waals surface area (Å²) in [5.41, 5.74) is 1.87. The topological polar surface area (TPSA) is 47.3 Å². The average molecular weight is 274 g/mol. The number of ether oxygens (including phenoxy) is 1. The first-order valence-electron chi connectivity index (χ1n) is 7.04. The maximum Gasteiger partial charge on any atom is 0.130 e. The normalized spacial score (nSPS) is 12.7. The number of para-hydroxylation sites is 1. The van der Waals surface area contributed by atoms with Crippen LogP contribution in [0.25, 0.3) is 0 Å². The molecule has 0 aliphatic heterocycles. The maximum atomic E-state index is 10.0. The Labute approximate surface area is 120 Å². The number of benzene rings is 1. The van der Waals surface area contributed by atoms with Crippen LogP contribution in [0.5, 0.6) is 5.75 Å². The minimum absolute atomic E-state index is 0.354. The van der Waals surface area contributed by atoms with Crippen molar-refractivity contribution in [1.82, 2.24) is 9.55 Å². The molecule has 20 heavy (non-hydrogen) atoms. The van der Waals surface area contributed by atoms with Crippen LogP contribution < -0.4 is 4.74 Å². The molecule has 0 aliphatic rings. The second kappa shape index (κ2) is 6.57. The standard InChI is InChI=1S/C16H22N2O2/c1-4-15(19)14-7-5-6-8-16(14)20-10-13-9-17-11-18(13)12(2)3/h5-9,11-12,15,19H,4,10H2,1-3H3/t15-/m0/s1. The molecule has 1 N–H and O–H groups in total. The van der Waals surface area contributed by atoms with Crippen LogP contribution >= 0.6 is 0 Å². The number of hydrogen-bond acceptors (Lipinski definition) is 3. The van der Waals surface area contributed by atoms with Crippen LogP contribution in [0, 0.1) is 0 Å². The highest BCUT2D eigenvalue weighted by atomic mass is 16.5. The van der Waals surface area contributed by atoms with Gasteiger partial charge in [0.05, 0.1) is 24.3 Å². The highest BCUT2D eigenvalue weighted by Gasteiger charge is 2.12. The summed E-state index contributed by atoms with van der Waals surface area (Å²) < 4.78 is 7.96. The molecule has 1 atom stereocenters. The third-order valence-electron chi connectivity index (χ3n) is 3.34. The van der Waals surface area contributed by atoms with Gasteiger partial charge in [0.25, 0.3) is 0 Å². The molecule has 2 rings (SSSR count). The second-order valence-electron chi connectivity index (χ2n) is 5.14. The molecular formula is C16H22N2O2. The lowest BCUT2D eigenvalue weighted by Crippen LogP contribution is -2.08. The van der Waals surface area contributed by atoms with Crippen LogP contribution in [0.1, 0.15) is 50.6 Å². The van der Waals surface area contributed by atoms with Gasteiger partial charge in [0.15, 0.2) is 0 Å². The van der Waals surface area contributed by atoms with E-state index in [0.717, 1.165) is 17.0 Å². The smallest absolute Gasteiger partial charge is 0.130 e. The summed E-state index contributed by atoms with van der Waals surface area (Å²) in [5.74, 6) is 0.735. The van der Waals surface area contributed by atoms with Gasteiger partial charge in [-0.2, -0.15) is 0 Å². The van der Waals surface area contributed by atoms with Gasteiger partial charge in [-0.15, -0.1) is 0 Å². The molecule has 1 heterocycles. The lowest BCUT2D eigenvalue weighted by Gasteiger charge is -2.16. The molecule has 1 aromatic carbocycles. The van der Waals surface area contributed by atoms with Crippen LogP contribution in [0.2, 0.25) is 0 Å². The first kappa shape index (κ1) is 14.6. The minimum atomic E-state index is -0.485. The number of aromatic nitrogens is 2. The molecule has 0 bridgehead atoms. The van der Waals surface area contributed by atoms with Crippen molar-refractivity contribution in [3.63, 3.8) is 0 Å². The number of aliphatic hydroxyl groups is 1. The Hall–Kier alpha value is -1.81. The molecule has 1 aromatic heterocycles. The van der Waals surface area contributed by atoms with Crippen molar-refractivity contribution >= 4 is 0 Å². The lowest BCUT2D eigenvalue weighted by molar-refractivity contribution is 0.166. The molecular weight excluding hydrogens is 252 g/mol. The van der Waals surface area contributed by atoms with Gasteiger partial charge in [-0.05, 0) is 26.3 Å². The largest absolute Gasteiger partial charge is 0.487 e. The SMILES string of the molecule is CC[C@H](O)c1ccccc1OCc1cncn1C(C)C. The van der Waals surface area contributed by atoms with Crippen LogP contribution in [0.15, 0.2) is 36.8 Å². The Morgan fingerprint density at radius 1 is 1.30 bits per heavy atom. The van der Waals surface area contributed by atoms with Crippen LogP contribution in [0.4, 0.5) is 0 Å². The van der Waals surface area contributed by atoms with Gasteiger partial charge < -0.3 is 14.4 Å². The van der Waals surface area contributed by atoms with E-state index in [9.17, 15) is 5.11 Å². The summed E-state index contributed by atoms with van der Waals surface area (Å²) >= 11 is 0. The lowest BCUT2D eigenvalue weighted by atomic mass is 10.1. The summed E-state index contributed by atoms with van der Waals surface area (Å²) in [6.07, 6.45) is 3.82. The van der Waals surface area contributed by atoms with E-state index in [4.69, 9.17) is 4.74 Å². The highest BCUT2D eigenvalue weighted by molar-refractivity contribution is 5.35. The van der Waals surface area contributed by atoms with Gasteiger partial charge in [-0.3, -0.25) is 0 Å². The quantitative estimate of drug-likeness (QED) is 0.877. The molecule has 0 fully saturated rings. The van der Waals surface area contributed by atoms with Crippen molar-refractivity contribution in [3.8, 4) is 5.75 Å². The molecule has 0 radical (unpaired) electrons. The van der Waals surface area contributed by atoms with E-state index in [2.05, 4.69) is 23.4 Å². The van der Waals surface area contributed by atoms with E-state index in [0.29, 0.717) is 19.1 Å². The monoisotopic (exact) mass is 274 g/mol. The highest BCUT2D eigenvalue weighted by Crippen LogP contribution is 2.27. The van der Waals surface area contributed by atoms with Crippen molar-refractivity contribution in [3.05, 3.63) is 48.0 Å². The summed E-state index contributed by atoms with van der Waals surface area (Å²) in [5, 5.41) is 10.0. The molecule has 0 unspecified atom stereocenters. The predicted octanol–water partition coefficient (Wildman–Crippen LogP) is 3.49. The van der Waals surface area contributed by atoms with Crippen molar-refractivity contribution < 1.29 is 9.84 Å². The Morgan fingerprint density at radius 2 is 2.05 bits per heavy atom. The van der Waals surface area contributed by atoms with E-state index in [1.807, 2.05) is 43.7 Å². The first-order valence-corrected chi connectivity index (χ1v) is 7.04. The van der Waals surface area contributed by atoms with Gasteiger partial charge in [-0.25, -0.2) is 4.98 Å². The van der Waals surface area contributed by atoms with Gasteiger partial charge in [0, 0.05) is 11.6 Å². The Kier molecular flexibility index (Phi) is 4.79. The van der Waals surface area contributed by atoms with Crippen LogP contribution in [0.3, 0.4) is 0 Å². The van der Waals surface area contributed by atoms with Crippen LogP contribution in [-0.2, 0) is 6.61 Å². The maximum absolute atomic E-state index is 10.0. The number of aliphatic hydroxyl groups excluding tert-OH is 1. The van der Waals surface area contributed by atoms with Crippen molar-refractivity contribution in [2.24, 2.45) is 0 Å². The van der Waals surface area contributed by atoms with Gasteiger partial charge in [0.1, 0.15) is 12.4 Å². The van der Waals surface area contributed by atoms with Crippen molar-refractivity contribution in [2.45, 2.75) is 45.9 Å². The second-order valence-corrected chi connectivity index (χ2v) is 5.14. The molecule has 0 saturated carbocycles. The van der Waals surface area contributed by atoms with E-state index in [1.165, 1.54) is 0 Å². The predicted molar refractivity (Wildman–Crippen MR) is 78.6 cm³/mol. The summed E-state index contributed by atoms with van der Waals surface area (Å²) in [7, 11) is 0. The molecule has 0 spiro atoms. The molecule has 2 aromatic rings. The fourth-order valence-electron chi connectivity index (χ4n) is 2.17. The summed E-state index contributed by atoms with van der Waals surface area (Å²) in [4.78, 5) is 4.16. The number of nitrogens with zero attached hydrogens (tertiary/aromatic N) is 2. The molecule has 0 amide bonds. The van der Waals surface area contributed by atoms with E-state index >= 15 is 0 Å². The van der Waals surface area contributed by atoms with Crippen molar-refractivity contribution in [2.75, 3.05) is 0 Å². The van der Waals surface area contributed by atoms with Crippen molar-refractivity contribution in [1.29, 1.82) is 0 Å². The van der Waals surface area contributed by atoms with E-state index in [-0.39, 0.29) is 0 Å². The summed E-state index contributed by atoms with van der Waals surface area (Å²) in [6.45, 7) is 6.63. The third kappa shape index (κ3) is 3.20. The van der Waals surface area contributed by atoms with E-state index < -0.39 is 6.10 Å². The number of imidazole rings is 1. The Balaban J connectivity index is 2.13.